The van der Waals surface area contributed by atoms with E-state index < -0.39 is 6.10 Å². The Morgan fingerprint density at radius 3 is 2.86 bits per heavy atom. The lowest BCUT2D eigenvalue weighted by atomic mass is 10.3. The van der Waals surface area contributed by atoms with Gasteiger partial charge in [0.15, 0.2) is 0 Å². The molecule has 5 heteroatoms. The Morgan fingerprint density at radius 2 is 2.36 bits per heavy atom. The molecule has 14 heavy (non-hydrogen) atoms. The molecule has 2 aromatic rings. The van der Waals surface area contributed by atoms with Gasteiger partial charge in [0, 0.05) is 18.6 Å². The third-order valence-corrected chi connectivity index (χ3v) is 2.98. The number of aliphatic hydroxyl groups excluding tert-OH is 1. The van der Waals surface area contributed by atoms with Gasteiger partial charge in [0.25, 0.3) is 0 Å². The Labute approximate surface area is 85.8 Å². The normalized spacial score (nSPS) is 13.1. The molecule has 2 rings (SSSR count). The van der Waals surface area contributed by atoms with Crippen molar-refractivity contribution in [3.8, 4) is 11.4 Å². The van der Waals surface area contributed by atoms with Crippen molar-refractivity contribution in [2.45, 2.75) is 13.0 Å². The van der Waals surface area contributed by atoms with Crippen LogP contribution in [-0.4, -0.2) is 19.9 Å². The number of nitrogens with zero attached hydrogens (tertiary/aromatic N) is 3. The van der Waals surface area contributed by atoms with Crippen molar-refractivity contribution in [3.63, 3.8) is 0 Å². The molecule has 0 bridgehead atoms. The molecule has 74 valence electrons. The lowest BCUT2D eigenvalue weighted by Gasteiger charge is -1.97. The van der Waals surface area contributed by atoms with E-state index in [1.165, 1.54) is 11.3 Å². The van der Waals surface area contributed by atoms with Crippen LogP contribution in [0.5, 0.6) is 0 Å². The summed E-state index contributed by atoms with van der Waals surface area (Å²) in [6.07, 6.45) is 1.23. The first-order valence-corrected chi connectivity index (χ1v) is 5.18. The van der Waals surface area contributed by atoms with E-state index in [4.69, 9.17) is 0 Å². The second-order valence-electron chi connectivity index (χ2n) is 3.09. The molecular formula is C9H11N3OS. The molecule has 0 saturated heterocycles. The first-order valence-electron chi connectivity index (χ1n) is 4.30. The van der Waals surface area contributed by atoms with Crippen LogP contribution in [0.25, 0.3) is 11.4 Å². The highest BCUT2D eigenvalue weighted by Gasteiger charge is 2.10. The smallest absolute Gasteiger partial charge is 0.122 e. The number of thiazole rings is 1. The molecule has 0 aliphatic carbocycles. The molecule has 0 aliphatic rings. The van der Waals surface area contributed by atoms with Crippen LogP contribution in [0.2, 0.25) is 0 Å². The maximum Gasteiger partial charge on any atom is 0.122 e. The molecule has 0 saturated carbocycles. The summed E-state index contributed by atoms with van der Waals surface area (Å²) in [5.74, 6) is 0. The van der Waals surface area contributed by atoms with E-state index in [2.05, 4.69) is 10.1 Å². The van der Waals surface area contributed by atoms with Crippen LogP contribution in [0.3, 0.4) is 0 Å². The van der Waals surface area contributed by atoms with Gasteiger partial charge in [-0.05, 0) is 13.0 Å². The Morgan fingerprint density at radius 1 is 1.57 bits per heavy atom. The molecule has 0 amide bonds. The number of hydrogen-bond donors (Lipinski definition) is 1. The largest absolute Gasteiger partial charge is 0.386 e. The Balaban J connectivity index is 2.39. The van der Waals surface area contributed by atoms with Gasteiger partial charge in [0.05, 0.1) is 11.4 Å². The van der Waals surface area contributed by atoms with Crippen LogP contribution < -0.4 is 0 Å². The first kappa shape index (κ1) is 9.36. The van der Waals surface area contributed by atoms with Crippen molar-refractivity contribution in [1.29, 1.82) is 0 Å². The molecular weight excluding hydrogens is 198 g/mol. The quantitative estimate of drug-likeness (QED) is 0.817. The number of aromatic nitrogens is 3. The van der Waals surface area contributed by atoms with E-state index in [0.29, 0.717) is 0 Å². The van der Waals surface area contributed by atoms with Crippen molar-refractivity contribution >= 4 is 11.3 Å². The summed E-state index contributed by atoms with van der Waals surface area (Å²) in [5, 5.41) is 16.1. The molecule has 0 aromatic carbocycles. The van der Waals surface area contributed by atoms with Gasteiger partial charge in [-0.1, -0.05) is 0 Å². The van der Waals surface area contributed by atoms with Crippen molar-refractivity contribution in [2.75, 3.05) is 0 Å². The zero-order valence-corrected chi connectivity index (χ0v) is 8.82. The monoisotopic (exact) mass is 209 g/mol. The van der Waals surface area contributed by atoms with Crippen LogP contribution in [-0.2, 0) is 7.05 Å². The predicted molar refractivity (Wildman–Crippen MR) is 54.9 cm³/mol. The van der Waals surface area contributed by atoms with E-state index in [-0.39, 0.29) is 0 Å². The fraction of sp³-hybridized carbons (Fsp3) is 0.333. The van der Waals surface area contributed by atoms with Crippen molar-refractivity contribution in [3.05, 3.63) is 22.7 Å². The topological polar surface area (TPSA) is 50.9 Å². The molecule has 0 radical (unpaired) electrons. The highest BCUT2D eigenvalue weighted by molar-refractivity contribution is 7.10. The minimum Gasteiger partial charge on any atom is -0.386 e. The summed E-state index contributed by atoms with van der Waals surface area (Å²) < 4.78 is 1.76. The third kappa shape index (κ3) is 1.56. The minimum absolute atomic E-state index is 0.498. The van der Waals surface area contributed by atoms with Gasteiger partial charge in [0.2, 0.25) is 0 Å². The Kier molecular flexibility index (Phi) is 2.35. The molecule has 0 spiro atoms. The third-order valence-electron chi connectivity index (χ3n) is 1.96. The van der Waals surface area contributed by atoms with E-state index in [0.717, 1.165) is 16.4 Å². The molecule has 2 aromatic heterocycles. The SMILES string of the molecule is CC(O)c1nc(-c2ccnn2C)cs1. The summed E-state index contributed by atoms with van der Waals surface area (Å²) in [6, 6.07) is 1.90. The number of aryl methyl sites for hydroxylation is 1. The molecule has 0 aliphatic heterocycles. The average Bonchev–Trinajstić information content (AvgIpc) is 2.71. The minimum atomic E-state index is -0.498. The van der Waals surface area contributed by atoms with Crippen LogP contribution in [0.4, 0.5) is 0 Å². The van der Waals surface area contributed by atoms with E-state index in [9.17, 15) is 5.11 Å². The summed E-state index contributed by atoms with van der Waals surface area (Å²) in [7, 11) is 1.87. The molecule has 1 unspecified atom stereocenters. The van der Waals surface area contributed by atoms with E-state index >= 15 is 0 Å². The molecule has 4 nitrogen and oxygen atoms in total. The lowest BCUT2D eigenvalue weighted by Crippen LogP contribution is -1.94. The fourth-order valence-electron chi connectivity index (χ4n) is 1.22. The van der Waals surface area contributed by atoms with Gasteiger partial charge in [-0.2, -0.15) is 5.10 Å². The second-order valence-corrected chi connectivity index (χ2v) is 3.98. The first-order chi connectivity index (χ1) is 6.68. The van der Waals surface area contributed by atoms with Gasteiger partial charge in [0.1, 0.15) is 11.1 Å². The van der Waals surface area contributed by atoms with Gasteiger partial charge in [-0.15, -0.1) is 11.3 Å². The maximum absolute atomic E-state index is 9.33. The Hall–Kier alpha value is -1.20. The van der Waals surface area contributed by atoms with Gasteiger partial charge < -0.3 is 5.11 Å². The van der Waals surface area contributed by atoms with E-state index in [1.807, 2.05) is 18.5 Å². The van der Waals surface area contributed by atoms with Crippen LogP contribution >= 0.6 is 11.3 Å². The van der Waals surface area contributed by atoms with Crippen molar-refractivity contribution in [1.82, 2.24) is 14.8 Å². The van der Waals surface area contributed by atoms with Crippen LogP contribution in [0.15, 0.2) is 17.6 Å². The van der Waals surface area contributed by atoms with E-state index in [1.54, 1.807) is 17.8 Å². The summed E-state index contributed by atoms with van der Waals surface area (Å²) in [6.45, 7) is 1.71. The van der Waals surface area contributed by atoms with Crippen molar-refractivity contribution < 1.29 is 5.11 Å². The average molecular weight is 209 g/mol. The molecule has 1 N–H and O–H groups in total. The van der Waals surface area contributed by atoms with Gasteiger partial charge >= 0.3 is 0 Å². The van der Waals surface area contributed by atoms with Crippen molar-refractivity contribution in [2.24, 2.45) is 7.05 Å². The maximum atomic E-state index is 9.33. The predicted octanol–water partition coefficient (Wildman–Crippen LogP) is 1.60. The zero-order chi connectivity index (χ0) is 10.1. The lowest BCUT2D eigenvalue weighted by molar-refractivity contribution is 0.199. The number of hydrogen-bond acceptors (Lipinski definition) is 4. The fourth-order valence-corrected chi connectivity index (χ4v) is 1.98. The summed E-state index contributed by atoms with van der Waals surface area (Å²) >= 11 is 1.46. The van der Waals surface area contributed by atoms with Crippen LogP contribution in [0, 0.1) is 0 Å². The van der Waals surface area contributed by atoms with Gasteiger partial charge in [-0.25, -0.2) is 4.98 Å². The second kappa shape index (κ2) is 3.51. The summed E-state index contributed by atoms with van der Waals surface area (Å²) in [4.78, 5) is 4.32. The number of rotatable bonds is 2. The summed E-state index contributed by atoms with van der Waals surface area (Å²) in [5.41, 5.74) is 1.83. The molecule has 1 atom stereocenters. The molecule has 2 heterocycles. The van der Waals surface area contributed by atoms with Crippen LogP contribution in [0.1, 0.15) is 18.0 Å². The molecule has 0 fully saturated rings. The Bertz CT molecular complexity index is 433. The highest BCUT2D eigenvalue weighted by Crippen LogP contribution is 2.24. The zero-order valence-electron chi connectivity index (χ0n) is 8.01. The standard InChI is InChI=1S/C9H11N3OS/c1-6(13)9-11-7(5-14-9)8-3-4-10-12(8)2/h3-6,13H,1-2H3. The highest BCUT2D eigenvalue weighted by atomic mass is 32.1. The number of aliphatic hydroxyl groups is 1. The van der Waals surface area contributed by atoms with Gasteiger partial charge in [-0.3, -0.25) is 4.68 Å².